The Kier molecular flexibility index (Phi) is 4.60. The number of carbonyl (C=O) groups excluding carboxylic acids is 1. The lowest BCUT2D eigenvalue weighted by molar-refractivity contribution is -0.107. The van der Waals surface area contributed by atoms with Crippen LogP contribution in [-0.2, 0) is 4.79 Å². The van der Waals surface area contributed by atoms with E-state index in [1.165, 1.54) is 0 Å². The van der Waals surface area contributed by atoms with Crippen LogP contribution >= 0.6 is 0 Å². The molecule has 1 aromatic rings. The summed E-state index contributed by atoms with van der Waals surface area (Å²) in [7, 11) is 3.87. The molecule has 0 aliphatic carbocycles. The maximum absolute atomic E-state index is 10.2. The van der Waals surface area contributed by atoms with Gasteiger partial charge in [-0.05, 0) is 12.5 Å². The molecule has 1 N–H and O–H groups in total. The van der Waals surface area contributed by atoms with Crippen LogP contribution in [0.3, 0.4) is 0 Å². The SMILES string of the molecule is CNc1cncc(N(C)CCCC=O)c1. The van der Waals surface area contributed by atoms with Crippen LogP contribution in [-0.4, -0.2) is 31.9 Å². The van der Waals surface area contributed by atoms with E-state index in [4.69, 9.17) is 0 Å². The Morgan fingerprint density at radius 1 is 1.53 bits per heavy atom. The van der Waals surface area contributed by atoms with Crippen molar-refractivity contribution in [1.29, 1.82) is 0 Å². The van der Waals surface area contributed by atoms with E-state index in [1.54, 1.807) is 6.20 Å². The predicted octanol–water partition coefficient (Wildman–Crippen LogP) is 1.54. The van der Waals surface area contributed by atoms with Crippen molar-refractivity contribution < 1.29 is 4.79 Å². The third kappa shape index (κ3) is 3.58. The normalized spacial score (nSPS) is 9.73. The lowest BCUT2D eigenvalue weighted by Crippen LogP contribution is -2.18. The van der Waals surface area contributed by atoms with Crippen LogP contribution in [0.2, 0.25) is 0 Å². The molecule has 0 radical (unpaired) electrons. The molecule has 0 saturated heterocycles. The van der Waals surface area contributed by atoms with E-state index in [0.29, 0.717) is 6.42 Å². The molecule has 0 atom stereocenters. The number of aromatic nitrogens is 1. The third-order valence-corrected chi connectivity index (χ3v) is 2.27. The first kappa shape index (κ1) is 11.5. The average Bonchev–Trinajstić information content (AvgIpc) is 2.29. The molecule has 4 nitrogen and oxygen atoms in total. The van der Waals surface area contributed by atoms with Crippen LogP contribution in [0.1, 0.15) is 12.8 Å². The number of rotatable bonds is 6. The second kappa shape index (κ2) is 6.01. The smallest absolute Gasteiger partial charge is 0.120 e. The highest BCUT2D eigenvalue weighted by Gasteiger charge is 2.01. The van der Waals surface area contributed by atoms with Crippen molar-refractivity contribution >= 4 is 17.7 Å². The number of anilines is 2. The van der Waals surface area contributed by atoms with Gasteiger partial charge in [-0.25, -0.2) is 0 Å². The van der Waals surface area contributed by atoms with Gasteiger partial charge in [0, 0.05) is 27.1 Å². The summed E-state index contributed by atoms with van der Waals surface area (Å²) >= 11 is 0. The molecule has 0 fully saturated rings. The number of unbranched alkanes of at least 4 members (excludes halogenated alkanes) is 1. The standard InChI is InChI=1S/C11H17N3O/c1-12-10-7-11(9-13-8-10)14(2)5-3-4-6-15/h6-9,12H,3-5H2,1-2H3. The largest absolute Gasteiger partial charge is 0.387 e. The van der Waals surface area contributed by atoms with Gasteiger partial charge < -0.3 is 15.0 Å². The van der Waals surface area contributed by atoms with Gasteiger partial charge in [0.05, 0.1) is 23.8 Å². The van der Waals surface area contributed by atoms with Gasteiger partial charge in [0.25, 0.3) is 0 Å². The Hall–Kier alpha value is -1.58. The summed E-state index contributed by atoms with van der Waals surface area (Å²) in [5.74, 6) is 0. The Labute approximate surface area is 90.3 Å². The molecule has 15 heavy (non-hydrogen) atoms. The number of hydrogen-bond acceptors (Lipinski definition) is 4. The Balaban J connectivity index is 2.56. The minimum absolute atomic E-state index is 0.615. The topological polar surface area (TPSA) is 45.2 Å². The molecule has 0 bridgehead atoms. The highest BCUT2D eigenvalue weighted by atomic mass is 16.1. The summed E-state index contributed by atoms with van der Waals surface area (Å²) < 4.78 is 0. The van der Waals surface area contributed by atoms with Crippen molar-refractivity contribution in [3.05, 3.63) is 18.5 Å². The molecular weight excluding hydrogens is 190 g/mol. The summed E-state index contributed by atoms with van der Waals surface area (Å²) in [6, 6.07) is 2.04. The molecule has 0 spiro atoms. The first-order valence-electron chi connectivity index (χ1n) is 5.05. The second-order valence-corrected chi connectivity index (χ2v) is 3.41. The van der Waals surface area contributed by atoms with Gasteiger partial charge in [0.15, 0.2) is 0 Å². The fourth-order valence-corrected chi connectivity index (χ4v) is 1.31. The maximum atomic E-state index is 10.2. The van der Waals surface area contributed by atoms with Crippen LogP contribution < -0.4 is 10.2 Å². The average molecular weight is 207 g/mol. The van der Waals surface area contributed by atoms with Crippen molar-refractivity contribution in [1.82, 2.24) is 4.98 Å². The zero-order chi connectivity index (χ0) is 11.1. The first-order valence-corrected chi connectivity index (χ1v) is 5.05. The lowest BCUT2D eigenvalue weighted by Gasteiger charge is -2.18. The van der Waals surface area contributed by atoms with Gasteiger partial charge in [0.1, 0.15) is 6.29 Å². The van der Waals surface area contributed by atoms with Crippen molar-refractivity contribution in [2.45, 2.75) is 12.8 Å². The van der Waals surface area contributed by atoms with Gasteiger partial charge in [-0.1, -0.05) is 0 Å². The van der Waals surface area contributed by atoms with Crippen molar-refractivity contribution in [3.8, 4) is 0 Å². The molecule has 82 valence electrons. The lowest BCUT2D eigenvalue weighted by atomic mass is 10.3. The number of nitrogens with one attached hydrogen (secondary N) is 1. The van der Waals surface area contributed by atoms with E-state index in [0.717, 1.165) is 30.6 Å². The summed E-state index contributed by atoms with van der Waals surface area (Å²) in [5.41, 5.74) is 2.06. The monoisotopic (exact) mass is 207 g/mol. The molecule has 0 aliphatic rings. The Morgan fingerprint density at radius 3 is 3.00 bits per heavy atom. The predicted molar refractivity (Wildman–Crippen MR) is 62.4 cm³/mol. The fourth-order valence-electron chi connectivity index (χ4n) is 1.31. The Morgan fingerprint density at radius 2 is 2.33 bits per heavy atom. The van der Waals surface area contributed by atoms with Gasteiger partial charge in [0.2, 0.25) is 0 Å². The van der Waals surface area contributed by atoms with E-state index < -0.39 is 0 Å². The number of aldehydes is 1. The minimum Gasteiger partial charge on any atom is -0.387 e. The maximum Gasteiger partial charge on any atom is 0.120 e. The van der Waals surface area contributed by atoms with Crippen molar-refractivity contribution in [3.63, 3.8) is 0 Å². The van der Waals surface area contributed by atoms with Gasteiger partial charge in [-0.2, -0.15) is 0 Å². The molecule has 0 unspecified atom stereocenters. The van der Waals surface area contributed by atoms with Crippen LogP contribution in [0.5, 0.6) is 0 Å². The molecular formula is C11H17N3O. The highest BCUT2D eigenvalue weighted by Crippen LogP contribution is 2.16. The third-order valence-electron chi connectivity index (χ3n) is 2.27. The highest BCUT2D eigenvalue weighted by molar-refractivity contribution is 5.55. The number of hydrogen-bond donors (Lipinski definition) is 1. The molecule has 0 saturated carbocycles. The van der Waals surface area contributed by atoms with Crippen LogP contribution in [0, 0.1) is 0 Å². The van der Waals surface area contributed by atoms with E-state index >= 15 is 0 Å². The van der Waals surface area contributed by atoms with E-state index in [2.05, 4.69) is 15.2 Å². The molecule has 0 aromatic carbocycles. The summed E-state index contributed by atoms with van der Waals surface area (Å²) in [5, 5.41) is 3.04. The molecule has 1 heterocycles. The zero-order valence-corrected chi connectivity index (χ0v) is 9.23. The number of nitrogens with zero attached hydrogens (tertiary/aromatic N) is 2. The molecule has 4 heteroatoms. The molecule has 0 aliphatic heterocycles. The van der Waals surface area contributed by atoms with Gasteiger partial charge in [-0.15, -0.1) is 0 Å². The van der Waals surface area contributed by atoms with Gasteiger partial charge in [-0.3, -0.25) is 4.98 Å². The summed E-state index contributed by atoms with van der Waals surface area (Å²) in [6.07, 6.45) is 6.05. The zero-order valence-electron chi connectivity index (χ0n) is 9.23. The van der Waals surface area contributed by atoms with E-state index in [9.17, 15) is 4.79 Å². The van der Waals surface area contributed by atoms with Crippen molar-refractivity contribution in [2.24, 2.45) is 0 Å². The first-order chi connectivity index (χ1) is 7.27. The second-order valence-electron chi connectivity index (χ2n) is 3.41. The fraction of sp³-hybridized carbons (Fsp3) is 0.455. The van der Waals surface area contributed by atoms with Crippen molar-refractivity contribution in [2.75, 3.05) is 30.9 Å². The van der Waals surface area contributed by atoms with Crippen LogP contribution in [0.25, 0.3) is 0 Å². The van der Waals surface area contributed by atoms with E-state index in [1.807, 2.05) is 26.4 Å². The minimum atomic E-state index is 0.615. The Bertz CT molecular complexity index is 314. The number of pyridine rings is 1. The summed E-state index contributed by atoms with van der Waals surface area (Å²) in [4.78, 5) is 16.4. The summed E-state index contributed by atoms with van der Waals surface area (Å²) in [6.45, 7) is 0.869. The molecule has 0 amide bonds. The van der Waals surface area contributed by atoms with E-state index in [-0.39, 0.29) is 0 Å². The molecule has 1 aromatic heterocycles. The molecule has 1 rings (SSSR count). The van der Waals surface area contributed by atoms with Crippen LogP contribution in [0.4, 0.5) is 11.4 Å². The quantitative estimate of drug-likeness (QED) is 0.567. The van der Waals surface area contributed by atoms with Crippen LogP contribution in [0.15, 0.2) is 18.5 Å². The number of carbonyl (C=O) groups is 1. The van der Waals surface area contributed by atoms with Gasteiger partial charge >= 0.3 is 0 Å².